The summed E-state index contributed by atoms with van der Waals surface area (Å²) in [5, 5.41) is 11.5. The third-order valence-corrected chi connectivity index (χ3v) is 3.48. The molecule has 0 aliphatic carbocycles. The Labute approximate surface area is 92.1 Å². The Balaban J connectivity index is 2.33. The number of piperidine rings is 1. The molecule has 4 nitrogen and oxygen atoms in total. The van der Waals surface area contributed by atoms with E-state index >= 15 is 0 Å². The molecule has 0 amide bonds. The minimum absolute atomic E-state index is 0.333. The van der Waals surface area contributed by atoms with Gasteiger partial charge in [-0.3, -0.25) is 0 Å². The molecule has 0 aromatic rings. The van der Waals surface area contributed by atoms with Crippen LogP contribution in [0.1, 0.15) is 39.5 Å². The van der Waals surface area contributed by atoms with Crippen LogP contribution in [0.5, 0.6) is 0 Å². The molecule has 1 heterocycles. The highest BCUT2D eigenvalue weighted by Crippen LogP contribution is 2.22. The van der Waals surface area contributed by atoms with Crippen molar-refractivity contribution in [1.29, 1.82) is 0 Å². The second-order valence-corrected chi connectivity index (χ2v) is 4.53. The smallest absolute Gasteiger partial charge is 0.140 e. The first-order valence-corrected chi connectivity index (χ1v) is 5.87. The van der Waals surface area contributed by atoms with Crippen LogP contribution in [0.2, 0.25) is 0 Å². The summed E-state index contributed by atoms with van der Waals surface area (Å²) < 4.78 is 0. The minimum atomic E-state index is 0.333. The van der Waals surface area contributed by atoms with E-state index in [1.165, 1.54) is 19.3 Å². The molecule has 4 heteroatoms. The van der Waals surface area contributed by atoms with E-state index in [0.717, 1.165) is 19.0 Å². The van der Waals surface area contributed by atoms with Crippen molar-refractivity contribution in [2.45, 2.75) is 45.6 Å². The Kier molecular flexibility index (Phi) is 4.88. The standard InChI is InChI=1S/C11H23N3O/c1-3-10-4-6-14(7-5-10)9(2)8-11(12)13-15/h9-10,15H,3-8H2,1-2H3,(H2,12,13). The van der Waals surface area contributed by atoms with Crippen molar-refractivity contribution in [2.75, 3.05) is 13.1 Å². The Bertz CT molecular complexity index is 210. The van der Waals surface area contributed by atoms with Crippen LogP contribution in [0.4, 0.5) is 0 Å². The maximum Gasteiger partial charge on any atom is 0.140 e. The maximum absolute atomic E-state index is 8.51. The van der Waals surface area contributed by atoms with Crippen LogP contribution in [0.15, 0.2) is 5.16 Å². The molecule has 0 radical (unpaired) electrons. The Morgan fingerprint density at radius 3 is 2.60 bits per heavy atom. The average molecular weight is 213 g/mol. The number of hydrogen-bond acceptors (Lipinski definition) is 3. The molecule has 3 N–H and O–H groups in total. The summed E-state index contributed by atoms with van der Waals surface area (Å²) >= 11 is 0. The number of likely N-dealkylation sites (tertiary alicyclic amines) is 1. The molecule has 0 bridgehead atoms. The van der Waals surface area contributed by atoms with Gasteiger partial charge in [-0.15, -0.1) is 0 Å². The normalized spacial score (nSPS) is 22.9. The predicted molar refractivity (Wildman–Crippen MR) is 62.1 cm³/mol. The van der Waals surface area contributed by atoms with Crippen LogP contribution < -0.4 is 5.73 Å². The van der Waals surface area contributed by atoms with Gasteiger partial charge >= 0.3 is 0 Å². The Morgan fingerprint density at radius 2 is 2.13 bits per heavy atom. The van der Waals surface area contributed by atoms with E-state index in [0.29, 0.717) is 18.3 Å². The second kappa shape index (κ2) is 5.95. The van der Waals surface area contributed by atoms with E-state index in [9.17, 15) is 0 Å². The molecule has 0 aromatic carbocycles. The summed E-state index contributed by atoms with van der Waals surface area (Å²) in [7, 11) is 0. The number of rotatable bonds is 4. The molecular weight excluding hydrogens is 190 g/mol. The van der Waals surface area contributed by atoms with Crippen molar-refractivity contribution >= 4 is 5.84 Å². The largest absolute Gasteiger partial charge is 0.409 e. The molecule has 1 aliphatic rings. The molecule has 1 unspecified atom stereocenters. The first-order chi connectivity index (χ1) is 7.17. The SMILES string of the molecule is CCC1CCN(C(C)C/C(N)=N/O)CC1. The van der Waals surface area contributed by atoms with Crippen molar-refractivity contribution in [1.82, 2.24) is 4.90 Å². The fourth-order valence-corrected chi connectivity index (χ4v) is 2.27. The van der Waals surface area contributed by atoms with Crippen LogP contribution in [0, 0.1) is 5.92 Å². The lowest BCUT2D eigenvalue weighted by Gasteiger charge is -2.35. The van der Waals surface area contributed by atoms with Gasteiger partial charge in [0.15, 0.2) is 0 Å². The lowest BCUT2D eigenvalue weighted by molar-refractivity contribution is 0.141. The van der Waals surface area contributed by atoms with E-state index in [1.54, 1.807) is 0 Å². The van der Waals surface area contributed by atoms with Crippen LogP contribution in [0.3, 0.4) is 0 Å². The van der Waals surface area contributed by atoms with Crippen LogP contribution in [-0.2, 0) is 0 Å². The van der Waals surface area contributed by atoms with E-state index in [-0.39, 0.29) is 0 Å². The number of amidine groups is 1. The van der Waals surface area contributed by atoms with E-state index < -0.39 is 0 Å². The summed E-state index contributed by atoms with van der Waals surface area (Å²) in [4.78, 5) is 2.43. The fourth-order valence-electron chi connectivity index (χ4n) is 2.27. The topological polar surface area (TPSA) is 61.8 Å². The van der Waals surface area contributed by atoms with Gasteiger partial charge in [-0.05, 0) is 38.8 Å². The van der Waals surface area contributed by atoms with Gasteiger partial charge in [0.25, 0.3) is 0 Å². The monoisotopic (exact) mass is 213 g/mol. The summed E-state index contributed by atoms with van der Waals surface area (Å²) in [6, 6.07) is 0.388. The van der Waals surface area contributed by atoms with E-state index in [4.69, 9.17) is 10.9 Å². The third-order valence-electron chi connectivity index (χ3n) is 3.48. The van der Waals surface area contributed by atoms with E-state index in [2.05, 4.69) is 23.9 Å². The summed E-state index contributed by atoms with van der Waals surface area (Å²) in [6.45, 7) is 6.71. The van der Waals surface area contributed by atoms with Crippen LogP contribution in [-0.4, -0.2) is 35.1 Å². The fraction of sp³-hybridized carbons (Fsp3) is 0.909. The summed E-state index contributed by atoms with van der Waals surface area (Å²) in [5.41, 5.74) is 5.51. The highest BCUT2D eigenvalue weighted by atomic mass is 16.4. The molecule has 1 aliphatic heterocycles. The molecule has 15 heavy (non-hydrogen) atoms. The minimum Gasteiger partial charge on any atom is -0.409 e. The maximum atomic E-state index is 8.51. The molecular formula is C11H23N3O. The first-order valence-electron chi connectivity index (χ1n) is 5.87. The Morgan fingerprint density at radius 1 is 1.53 bits per heavy atom. The molecule has 0 saturated carbocycles. The zero-order valence-electron chi connectivity index (χ0n) is 9.82. The molecule has 1 fully saturated rings. The van der Waals surface area contributed by atoms with Crippen LogP contribution in [0.25, 0.3) is 0 Å². The highest BCUT2D eigenvalue weighted by Gasteiger charge is 2.22. The van der Waals surface area contributed by atoms with Gasteiger partial charge in [0, 0.05) is 12.5 Å². The van der Waals surface area contributed by atoms with Crippen molar-refractivity contribution < 1.29 is 5.21 Å². The number of nitrogens with two attached hydrogens (primary N) is 1. The van der Waals surface area contributed by atoms with Gasteiger partial charge in [-0.1, -0.05) is 18.5 Å². The second-order valence-electron chi connectivity index (χ2n) is 4.53. The third kappa shape index (κ3) is 3.70. The molecule has 1 rings (SSSR count). The lowest BCUT2D eigenvalue weighted by Crippen LogP contribution is -2.41. The molecule has 0 aromatic heterocycles. The zero-order valence-corrected chi connectivity index (χ0v) is 9.82. The first kappa shape index (κ1) is 12.3. The van der Waals surface area contributed by atoms with E-state index in [1.807, 2.05) is 0 Å². The van der Waals surface area contributed by atoms with Gasteiger partial charge in [-0.2, -0.15) is 0 Å². The van der Waals surface area contributed by atoms with Gasteiger partial charge in [-0.25, -0.2) is 0 Å². The van der Waals surface area contributed by atoms with Crippen molar-refractivity contribution in [3.63, 3.8) is 0 Å². The van der Waals surface area contributed by atoms with Crippen molar-refractivity contribution in [2.24, 2.45) is 16.8 Å². The van der Waals surface area contributed by atoms with Gasteiger partial charge in [0.2, 0.25) is 0 Å². The molecule has 1 saturated heterocycles. The zero-order chi connectivity index (χ0) is 11.3. The average Bonchev–Trinajstić information content (AvgIpc) is 2.29. The summed E-state index contributed by atoms with van der Waals surface area (Å²) in [6.07, 6.45) is 4.53. The van der Waals surface area contributed by atoms with Crippen molar-refractivity contribution in [3.8, 4) is 0 Å². The van der Waals surface area contributed by atoms with Crippen LogP contribution >= 0.6 is 0 Å². The van der Waals surface area contributed by atoms with Gasteiger partial charge in [0.1, 0.15) is 5.84 Å². The van der Waals surface area contributed by atoms with Crippen molar-refractivity contribution in [3.05, 3.63) is 0 Å². The molecule has 1 atom stereocenters. The van der Waals surface area contributed by atoms with Gasteiger partial charge in [0.05, 0.1) is 0 Å². The quantitative estimate of drug-likeness (QED) is 0.323. The van der Waals surface area contributed by atoms with Gasteiger partial charge < -0.3 is 15.8 Å². The predicted octanol–water partition coefficient (Wildman–Crippen LogP) is 1.63. The Hall–Kier alpha value is -0.770. The lowest BCUT2D eigenvalue weighted by atomic mass is 9.93. The highest BCUT2D eigenvalue weighted by molar-refractivity contribution is 5.80. The number of hydrogen-bond donors (Lipinski definition) is 2. The number of oxime groups is 1. The number of nitrogens with zero attached hydrogens (tertiary/aromatic N) is 2. The summed E-state index contributed by atoms with van der Waals surface area (Å²) in [5.74, 6) is 1.23. The molecule has 88 valence electrons. The molecule has 0 spiro atoms.